The van der Waals surface area contributed by atoms with Crippen molar-refractivity contribution in [3.63, 3.8) is 0 Å². The lowest BCUT2D eigenvalue weighted by atomic mass is 9.72. The third kappa shape index (κ3) is 5.99. The molecule has 184 valence electrons. The molecule has 0 saturated heterocycles. The Morgan fingerprint density at radius 3 is 2.37 bits per heavy atom. The van der Waals surface area contributed by atoms with Crippen molar-refractivity contribution in [2.75, 3.05) is 11.9 Å². The molecule has 4 nitrogen and oxygen atoms in total. The van der Waals surface area contributed by atoms with E-state index in [1.807, 2.05) is 67.6 Å². The molecule has 1 amide bonds. The summed E-state index contributed by atoms with van der Waals surface area (Å²) in [4.78, 5) is 28.9. The van der Waals surface area contributed by atoms with Crippen molar-refractivity contribution in [3.8, 4) is 0 Å². The van der Waals surface area contributed by atoms with E-state index >= 15 is 0 Å². The number of benzene rings is 2. The molecule has 0 aliphatic heterocycles. The van der Waals surface area contributed by atoms with Crippen LogP contribution in [0, 0.1) is 11.3 Å². The fourth-order valence-corrected chi connectivity index (χ4v) is 6.91. The quantitative estimate of drug-likeness (QED) is 0.265. The van der Waals surface area contributed by atoms with Crippen LogP contribution in [0.5, 0.6) is 0 Å². The number of nitrogens with one attached hydrogen (secondary N) is 1. The van der Waals surface area contributed by atoms with Gasteiger partial charge in [0.15, 0.2) is 0 Å². The van der Waals surface area contributed by atoms with Crippen LogP contribution in [0.1, 0.15) is 65.7 Å². The van der Waals surface area contributed by atoms with Crippen molar-refractivity contribution in [1.82, 2.24) is 0 Å². The molecule has 1 N–H and O–H groups in total. The molecule has 1 aliphatic carbocycles. The van der Waals surface area contributed by atoms with Crippen molar-refractivity contribution < 1.29 is 14.3 Å². The molecule has 3 aromatic rings. The highest BCUT2D eigenvalue weighted by Crippen LogP contribution is 2.45. The Morgan fingerprint density at radius 2 is 1.74 bits per heavy atom. The van der Waals surface area contributed by atoms with E-state index in [1.165, 1.54) is 16.6 Å². The maximum Gasteiger partial charge on any atom is 0.341 e. The summed E-state index contributed by atoms with van der Waals surface area (Å²) in [5.74, 6) is 0.0565. The summed E-state index contributed by atoms with van der Waals surface area (Å²) in [7, 11) is 0. The van der Waals surface area contributed by atoms with Gasteiger partial charge in [-0.25, -0.2) is 4.79 Å². The van der Waals surface area contributed by atoms with Crippen LogP contribution in [0.2, 0.25) is 0 Å². The molecule has 4 rings (SSSR count). The molecule has 0 spiro atoms. The molecule has 6 heteroatoms. The molecular formula is C29H33NO3S2. The van der Waals surface area contributed by atoms with Crippen molar-refractivity contribution in [2.24, 2.45) is 11.3 Å². The standard InChI is InChI=1S/C29H33NO3S2/c1-5-33-28(32)24-22-17-16-20(29(2,3)4)18-23(22)35-27(24)30-26(31)25(19-12-8-6-9-13-19)34-21-14-10-7-11-15-21/h6-15,20,25H,5,16-18H2,1-4H3,(H,30,31)/t20-,25-/m0/s1. The maximum atomic E-state index is 13.7. The number of anilines is 1. The summed E-state index contributed by atoms with van der Waals surface area (Å²) >= 11 is 3.05. The smallest absolute Gasteiger partial charge is 0.341 e. The normalized spacial score (nSPS) is 16.3. The van der Waals surface area contributed by atoms with E-state index in [2.05, 4.69) is 26.1 Å². The van der Waals surface area contributed by atoms with Gasteiger partial charge in [-0.05, 0) is 60.8 Å². The predicted octanol–water partition coefficient (Wildman–Crippen LogP) is 7.55. The number of carbonyl (C=O) groups is 2. The lowest BCUT2D eigenvalue weighted by Gasteiger charge is -2.33. The van der Waals surface area contributed by atoms with E-state index in [4.69, 9.17) is 4.74 Å². The molecule has 0 unspecified atom stereocenters. The fraction of sp³-hybridized carbons (Fsp3) is 0.379. The Bertz CT molecular complexity index is 1170. The number of thiophene rings is 1. The van der Waals surface area contributed by atoms with Gasteiger partial charge in [0.1, 0.15) is 10.3 Å². The van der Waals surface area contributed by atoms with E-state index in [-0.39, 0.29) is 17.3 Å². The van der Waals surface area contributed by atoms with Crippen molar-refractivity contribution in [1.29, 1.82) is 0 Å². The van der Waals surface area contributed by atoms with Crippen molar-refractivity contribution >= 4 is 40.0 Å². The number of thioether (sulfide) groups is 1. The minimum Gasteiger partial charge on any atom is -0.462 e. The van der Waals surface area contributed by atoms with Gasteiger partial charge >= 0.3 is 5.97 Å². The van der Waals surface area contributed by atoms with Crippen LogP contribution in [-0.4, -0.2) is 18.5 Å². The first-order valence-corrected chi connectivity index (χ1v) is 13.9. The van der Waals surface area contributed by atoms with Gasteiger partial charge in [-0.3, -0.25) is 4.79 Å². The summed E-state index contributed by atoms with van der Waals surface area (Å²) in [5, 5.41) is 3.30. The van der Waals surface area contributed by atoms with E-state index in [9.17, 15) is 9.59 Å². The number of carbonyl (C=O) groups excluding carboxylic acids is 2. The highest BCUT2D eigenvalue weighted by molar-refractivity contribution is 8.00. The maximum absolute atomic E-state index is 13.7. The number of fused-ring (bicyclic) bond motifs is 1. The first-order chi connectivity index (χ1) is 16.8. The summed E-state index contributed by atoms with van der Waals surface area (Å²) in [6.07, 6.45) is 2.79. The topological polar surface area (TPSA) is 55.4 Å². The van der Waals surface area contributed by atoms with Crippen LogP contribution in [0.4, 0.5) is 5.00 Å². The highest BCUT2D eigenvalue weighted by Gasteiger charge is 2.35. The van der Waals surface area contributed by atoms with Crippen molar-refractivity contribution in [2.45, 2.75) is 57.1 Å². The Kier molecular flexibility index (Phi) is 8.02. The van der Waals surface area contributed by atoms with Crippen LogP contribution < -0.4 is 5.32 Å². The molecule has 1 heterocycles. The zero-order chi connectivity index (χ0) is 25.0. The molecule has 0 saturated carbocycles. The molecule has 35 heavy (non-hydrogen) atoms. The summed E-state index contributed by atoms with van der Waals surface area (Å²) < 4.78 is 5.42. The number of ether oxygens (including phenoxy) is 1. The number of esters is 1. The average Bonchev–Trinajstić information content (AvgIpc) is 3.20. The summed E-state index contributed by atoms with van der Waals surface area (Å²) in [6.45, 7) is 8.94. The zero-order valence-electron chi connectivity index (χ0n) is 20.8. The van der Waals surface area contributed by atoms with Crippen LogP contribution >= 0.6 is 23.1 Å². The van der Waals surface area contributed by atoms with Gasteiger partial charge in [-0.1, -0.05) is 69.3 Å². The van der Waals surface area contributed by atoms with Crippen molar-refractivity contribution in [3.05, 3.63) is 82.2 Å². The predicted molar refractivity (Wildman–Crippen MR) is 145 cm³/mol. The third-order valence-electron chi connectivity index (χ3n) is 6.54. The summed E-state index contributed by atoms with van der Waals surface area (Å²) in [5.41, 5.74) is 2.71. The molecular weight excluding hydrogens is 474 g/mol. The second-order valence-corrected chi connectivity index (χ2v) is 12.2. The molecule has 0 fully saturated rings. The lowest BCUT2D eigenvalue weighted by Crippen LogP contribution is -2.26. The average molecular weight is 508 g/mol. The highest BCUT2D eigenvalue weighted by atomic mass is 32.2. The monoisotopic (exact) mass is 507 g/mol. The van der Waals surface area contributed by atoms with Gasteiger partial charge in [0.05, 0.1) is 12.2 Å². The van der Waals surface area contributed by atoms with Gasteiger partial charge in [0, 0.05) is 9.77 Å². The second kappa shape index (κ2) is 11.0. The number of rotatable bonds is 7. The van der Waals surface area contributed by atoms with E-state index in [1.54, 1.807) is 11.3 Å². The van der Waals surface area contributed by atoms with Gasteiger partial charge in [-0.15, -0.1) is 23.1 Å². The van der Waals surface area contributed by atoms with Gasteiger partial charge < -0.3 is 10.1 Å². The first-order valence-electron chi connectivity index (χ1n) is 12.2. The Labute approximate surface area is 216 Å². The van der Waals surface area contributed by atoms with E-state index in [0.717, 1.165) is 35.3 Å². The number of amides is 1. The van der Waals surface area contributed by atoms with Crippen LogP contribution in [0.3, 0.4) is 0 Å². The van der Waals surface area contributed by atoms with Gasteiger partial charge in [0.2, 0.25) is 5.91 Å². The van der Waals surface area contributed by atoms with Crippen LogP contribution in [-0.2, 0) is 22.4 Å². The van der Waals surface area contributed by atoms with E-state index < -0.39 is 5.25 Å². The Morgan fingerprint density at radius 1 is 1.09 bits per heavy atom. The molecule has 1 aromatic heterocycles. The van der Waals surface area contributed by atoms with Crippen LogP contribution in [0.25, 0.3) is 0 Å². The van der Waals surface area contributed by atoms with E-state index in [0.29, 0.717) is 23.1 Å². The first kappa shape index (κ1) is 25.5. The Hall–Kier alpha value is -2.57. The number of hydrogen-bond acceptors (Lipinski definition) is 5. The molecule has 0 radical (unpaired) electrons. The molecule has 0 bridgehead atoms. The molecule has 2 atom stereocenters. The minimum absolute atomic E-state index is 0.137. The Balaban J connectivity index is 1.67. The van der Waals surface area contributed by atoms with Crippen LogP contribution in [0.15, 0.2) is 65.6 Å². The molecule has 1 aliphatic rings. The SMILES string of the molecule is CCOC(=O)c1c(NC(=O)[C@@H](Sc2ccccc2)c2ccccc2)sc2c1CC[C@H](C(C)(C)C)C2. The van der Waals surface area contributed by atoms with Gasteiger partial charge in [0.25, 0.3) is 0 Å². The fourth-order valence-electron chi connectivity index (χ4n) is 4.55. The summed E-state index contributed by atoms with van der Waals surface area (Å²) in [6, 6.07) is 19.7. The lowest BCUT2D eigenvalue weighted by molar-refractivity contribution is -0.115. The third-order valence-corrected chi connectivity index (χ3v) is 8.98. The number of hydrogen-bond donors (Lipinski definition) is 1. The largest absolute Gasteiger partial charge is 0.462 e. The zero-order valence-corrected chi connectivity index (χ0v) is 22.4. The second-order valence-electron chi connectivity index (χ2n) is 9.95. The van der Waals surface area contributed by atoms with Gasteiger partial charge in [-0.2, -0.15) is 0 Å². The molecule has 2 aromatic carbocycles. The minimum atomic E-state index is -0.449.